The summed E-state index contributed by atoms with van der Waals surface area (Å²) < 4.78 is 11.2. The first kappa shape index (κ1) is 28.8. The van der Waals surface area contributed by atoms with Gasteiger partial charge in [0.1, 0.15) is 11.9 Å². The fourth-order valence-corrected chi connectivity index (χ4v) is 11.3. The fourth-order valence-electron chi connectivity index (χ4n) is 11.3. The Morgan fingerprint density at radius 2 is 1.72 bits per heavy atom. The van der Waals surface area contributed by atoms with E-state index in [1.165, 1.54) is 19.6 Å². The van der Waals surface area contributed by atoms with Crippen LogP contribution in [-0.4, -0.2) is 42.6 Å². The summed E-state index contributed by atoms with van der Waals surface area (Å²) in [5.74, 6) is 0.222. The largest absolute Gasteiger partial charge is 0.469 e. The van der Waals surface area contributed by atoms with Crippen LogP contribution in [0.2, 0.25) is 0 Å². The average Bonchev–Trinajstić information content (AvgIpc) is 2.88. The Labute approximate surface area is 234 Å². The lowest BCUT2D eigenvalue weighted by Crippen LogP contribution is -2.66. The van der Waals surface area contributed by atoms with Gasteiger partial charge in [-0.2, -0.15) is 0 Å². The number of fused-ring (bicyclic) bond motifs is 7. The van der Waals surface area contributed by atoms with E-state index in [2.05, 4.69) is 40.7 Å². The molecule has 218 valence electrons. The molecule has 11 atom stereocenters. The molecule has 0 bridgehead atoms. The Kier molecular flexibility index (Phi) is 6.77. The third-order valence-corrected chi connectivity index (χ3v) is 13.8. The van der Waals surface area contributed by atoms with Gasteiger partial charge in [-0.25, -0.2) is 0 Å². The first-order valence-corrected chi connectivity index (χ1v) is 15.2. The summed E-state index contributed by atoms with van der Waals surface area (Å²) in [5.41, 5.74) is 0.516. The highest BCUT2D eigenvalue weighted by Gasteiger charge is 2.70. The third-order valence-electron chi connectivity index (χ3n) is 13.8. The molecule has 0 heterocycles. The molecule has 4 fully saturated rings. The van der Waals surface area contributed by atoms with Gasteiger partial charge in [0.15, 0.2) is 0 Å². The molecule has 0 aromatic carbocycles. The minimum absolute atomic E-state index is 0.0167. The molecule has 0 amide bonds. The molecule has 0 saturated heterocycles. The second-order valence-electron chi connectivity index (χ2n) is 15.1. The van der Waals surface area contributed by atoms with Crippen molar-refractivity contribution in [3.05, 3.63) is 11.6 Å². The second kappa shape index (κ2) is 9.16. The van der Waals surface area contributed by atoms with E-state index >= 15 is 0 Å². The summed E-state index contributed by atoms with van der Waals surface area (Å²) in [6.45, 7) is 15.2. The lowest BCUT2D eigenvalue weighted by atomic mass is 9.33. The average molecular weight is 543 g/mol. The smallest absolute Gasteiger partial charge is 0.309 e. The van der Waals surface area contributed by atoms with Crippen LogP contribution in [0.25, 0.3) is 0 Å². The van der Waals surface area contributed by atoms with Crippen LogP contribution in [0.4, 0.5) is 0 Å². The van der Waals surface area contributed by atoms with E-state index in [9.17, 15) is 19.5 Å². The van der Waals surface area contributed by atoms with Gasteiger partial charge in [0, 0.05) is 18.8 Å². The van der Waals surface area contributed by atoms with Gasteiger partial charge in [0.2, 0.25) is 0 Å². The molecule has 5 rings (SSSR count). The molecule has 0 radical (unpaired) electrons. The quantitative estimate of drug-likeness (QED) is 0.353. The summed E-state index contributed by atoms with van der Waals surface area (Å²) in [4.78, 5) is 38.3. The number of Topliss-reactive ketones (excluding diaryl/α,β-unsaturated/α-hetero) is 1. The van der Waals surface area contributed by atoms with Crippen LogP contribution < -0.4 is 0 Å². The fraction of sp³-hybridized carbons (Fsp3) is 0.848. The highest BCUT2D eigenvalue weighted by molar-refractivity contribution is 5.86. The zero-order valence-electron chi connectivity index (χ0n) is 25.4. The van der Waals surface area contributed by atoms with Gasteiger partial charge >= 0.3 is 11.9 Å². The highest BCUT2D eigenvalue weighted by Crippen LogP contribution is 2.75. The maximum atomic E-state index is 13.1. The molecule has 5 aliphatic rings. The molecule has 6 unspecified atom stereocenters. The predicted molar refractivity (Wildman–Crippen MR) is 148 cm³/mol. The zero-order valence-corrected chi connectivity index (χ0v) is 25.4. The molecule has 6 heteroatoms. The lowest BCUT2D eigenvalue weighted by molar-refractivity contribution is -0.204. The van der Waals surface area contributed by atoms with E-state index in [1.807, 2.05) is 6.92 Å². The first-order chi connectivity index (χ1) is 18.1. The van der Waals surface area contributed by atoms with Crippen LogP contribution in [0.15, 0.2) is 11.6 Å². The van der Waals surface area contributed by atoms with E-state index < -0.39 is 5.41 Å². The van der Waals surface area contributed by atoms with Crippen molar-refractivity contribution < 1.29 is 29.0 Å². The third kappa shape index (κ3) is 3.64. The maximum Gasteiger partial charge on any atom is 0.309 e. The number of esters is 2. The van der Waals surface area contributed by atoms with Crippen LogP contribution in [0.5, 0.6) is 0 Å². The number of carbonyl (C=O) groups excluding carboxylic acids is 3. The minimum Gasteiger partial charge on any atom is -0.469 e. The zero-order chi connectivity index (χ0) is 28.8. The molecule has 0 spiro atoms. The van der Waals surface area contributed by atoms with Crippen molar-refractivity contribution in [2.75, 3.05) is 13.7 Å². The molecule has 5 aliphatic carbocycles. The van der Waals surface area contributed by atoms with Crippen molar-refractivity contribution in [1.82, 2.24) is 0 Å². The molecular formula is C33H50O6. The number of rotatable bonds is 3. The standard InChI is InChI=1S/C33H50O6/c1-19-21(28(37)38-8)17-26(39-20(2)35)30(4)15-16-32(6)22(27(19)30)9-10-24-29(3)13-12-25(36)31(5,18-34)23(29)11-14-33(24,32)7/h9,19,21,23-24,26-27,34H,10-18H2,1-8H3/t19-,21?,23?,24?,26?,27?,29-,30-,31-,32?,33+/m0/s1. The normalized spacial score (nSPS) is 50.9. The monoisotopic (exact) mass is 542 g/mol. The number of carbonyl (C=O) groups is 3. The number of methoxy groups -OCH3 is 1. The van der Waals surface area contributed by atoms with E-state index in [-0.39, 0.29) is 75.8 Å². The molecule has 0 aromatic heterocycles. The van der Waals surface area contributed by atoms with Crippen molar-refractivity contribution in [3.8, 4) is 0 Å². The van der Waals surface area contributed by atoms with Gasteiger partial charge < -0.3 is 14.6 Å². The summed E-state index contributed by atoms with van der Waals surface area (Å²) >= 11 is 0. The molecule has 1 N–H and O–H groups in total. The van der Waals surface area contributed by atoms with Crippen LogP contribution in [0.1, 0.15) is 99.8 Å². The summed E-state index contributed by atoms with van der Waals surface area (Å²) in [6.07, 6.45) is 9.01. The van der Waals surface area contributed by atoms with Crippen molar-refractivity contribution in [1.29, 1.82) is 0 Å². The number of allylic oxidation sites excluding steroid dienone is 2. The van der Waals surface area contributed by atoms with Gasteiger partial charge in [-0.15, -0.1) is 0 Å². The lowest BCUT2D eigenvalue weighted by Gasteiger charge is -2.71. The summed E-state index contributed by atoms with van der Waals surface area (Å²) in [5, 5.41) is 10.4. The van der Waals surface area contributed by atoms with Crippen molar-refractivity contribution in [2.45, 2.75) is 106 Å². The van der Waals surface area contributed by atoms with Gasteiger partial charge in [0.05, 0.1) is 25.0 Å². The van der Waals surface area contributed by atoms with Crippen LogP contribution in [-0.2, 0) is 23.9 Å². The van der Waals surface area contributed by atoms with Crippen LogP contribution in [0, 0.1) is 56.7 Å². The van der Waals surface area contributed by atoms with Crippen LogP contribution in [0.3, 0.4) is 0 Å². The van der Waals surface area contributed by atoms with Crippen molar-refractivity contribution in [3.63, 3.8) is 0 Å². The molecule has 0 aliphatic heterocycles. The number of hydrogen-bond acceptors (Lipinski definition) is 6. The molecule has 4 saturated carbocycles. The number of aliphatic hydroxyl groups is 1. The summed E-state index contributed by atoms with van der Waals surface area (Å²) in [6, 6.07) is 0. The van der Waals surface area contributed by atoms with Gasteiger partial charge in [-0.1, -0.05) is 53.2 Å². The number of ketones is 1. The van der Waals surface area contributed by atoms with Gasteiger partial charge in [-0.3, -0.25) is 14.4 Å². The Morgan fingerprint density at radius 1 is 1.03 bits per heavy atom. The van der Waals surface area contributed by atoms with Gasteiger partial charge in [-0.05, 0) is 84.9 Å². The Balaban J connectivity index is 1.60. The number of aliphatic hydroxyl groups excluding tert-OH is 1. The van der Waals surface area contributed by atoms with Gasteiger partial charge in [0.25, 0.3) is 0 Å². The van der Waals surface area contributed by atoms with Crippen LogP contribution >= 0.6 is 0 Å². The van der Waals surface area contributed by atoms with E-state index in [1.54, 1.807) is 0 Å². The number of hydrogen-bond donors (Lipinski definition) is 1. The summed E-state index contributed by atoms with van der Waals surface area (Å²) in [7, 11) is 1.45. The topological polar surface area (TPSA) is 89.9 Å². The maximum absolute atomic E-state index is 13.1. The number of ether oxygens (including phenoxy) is 2. The Morgan fingerprint density at radius 3 is 2.33 bits per heavy atom. The minimum atomic E-state index is -0.659. The van der Waals surface area contributed by atoms with Crippen molar-refractivity contribution >= 4 is 17.7 Å². The first-order valence-electron chi connectivity index (χ1n) is 15.2. The molecule has 0 aromatic rings. The van der Waals surface area contributed by atoms with E-state index in [4.69, 9.17) is 9.47 Å². The van der Waals surface area contributed by atoms with E-state index in [0.29, 0.717) is 18.8 Å². The SMILES string of the molecule is COC(=O)C1CC(OC(C)=O)[C@]2(C)CCC3(C)C(=CCC4[C@@]5(C)CCC(=O)[C@@](C)(CO)C5CC[C@]43C)C2[C@H]1C. The second-order valence-corrected chi connectivity index (χ2v) is 15.1. The molecule has 6 nitrogen and oxygen atoms in total. The highest BCUT2D eigenvalue weighted by atomic mass is 16.5. The van der Waals surface area contributed by atoms with E-state index in [0.717, 1.165) is 38.5 Å². The Bertz CT molecular complexity index is 1100. The predicted octanol–water partition coefficient (Wildman–Crippen LogP) is 5.90. The Hall–Kier alpha value is -1.69. The molecule has 39 heavy (non-hydrogen) atoms. The van der Waals surface area contributed by atoms with Crippen molar-refractivity contribution in [2.24, 2.45) is 56.7 Å². The molecular weight excluding hydrogens is 492 g/mol.